The van der Waals surface area contributed by atoms with E-state index in [1.807, 2.05) is 11.8 Å². The van der Waals surface area contributed by atoms with E-state index < -0.39 is 0 Å². The molecule has 0 aliphatic heterocycles. The lowest BCUT2D eigenvalue weighted by Crippen LogP contribution is -2.35. The summed E-state index contributed by atoms with van der Waals surface area (Å²) in [6.07, 6.45) is 5.90. The van der Waals surface area contributed by atoms with Crippen LogP contribution in [0.25, 0.3) is 0 Å². The summed E-state index contributed by atoms with van der Waals surface area (Å²) in [4.78, 5) is 13.1. The number of rotatable bonds is 3. The van der Waals surface area contributed by atoms with E-state index in [0.717, 1.165) is 18.1 Å². The fraction of sp³-hybridized carbons (Fsp3) is 0.588. The smallest absolute Gasteiger partial charge is 0.308 e. The van der Waals surface area contributed by atoms with Crippen LogP contribution in [0.2, 0.25) is 0 Å². The molecule has 1 aromatic carbocycles. The number of carbonyl (C=O) groups is 1. The number of benzene rings is 1. The minimum absolute atomic E-state index is 0.00821. The van der Waals surface area contributed by atoms with E-state index in [4.69, 9.17) is 4.74 Å². The Balaban J connectivity index is 1.60. The van der Waals surface area contributed by atoms with Crippen LogP contribution in [-0.4, -0.2) is 18.3 Å². The van der Waals surface area contributed by atoms with Gasteiger partial charge in [-0.2, -0.15) is 0 Å². The van der Waals surface area contributed by atoms with Crippen LogP contribution < -0.4 is 0 Å². The molecule has 0 unspecified atom stereocenters. The Morgan fingerprint density at radius 3 is 2.30 bits per heavy atom. The molecule has 0 N–H and O–H groups in total. The van der Waals surface area contributed by atoms with Crippen molar-refractivity contribution in [3.63, 3.8) is 0 Å². The average molecular weight is 290 g/mol. The third-order valence-electron chi connectivity index (χ3n) is 4.68. The van der Waals surface area contributed by atoms with Gasteiger partial charge in [-0.15, -0.1) is 11.8 Å². The SMILES string of the molecule is COC(=O)C1C[C@@H]2CC(Sc3ccccc3)C[C@@H](C1)C2. The highest BCUT2D eigenvalue weighted by atomic mass is 32.2. The van der Waals surface area contributed by atoms with E-state index in [9.17, 15) is 4.79 Å². The maximum absolute atomic E-state index is 11.7. The van der Waals surface area contributed by atoms with Gasteiger partial charge in [-0.1, -0.05) is 18.2 Å². The average Bonchev–Trinajstić information content (AvgIpc) is 2.46. The van der Waals surface area contributed by atoms with Crippen LogP contribution in [0.4, 0.5) is 0 Å². The molecule has 0 heterocycles. The van der Waals surface area contributed by atoms with E-state index in [0.29, 0.717) is 11.8 Å². The molecular weight excluding hydrogens is 268 g/mol. The monoisotopic (exact) mass is 290 g/mol. The first-order chi connectivity index (χ1) is 9.74. The van der Waals surface area contributed by atoms with Gasteiger partial charge in [-0.25, -0.2) is 0 Å². The van der Waals surface area contributed by atoms with Crippen molar-refractivity contribution in [2.75, 3.05) is 7.11 Å². The maximum Gasteiger partial charge on any atom is 0.308 e. The van der Waals surface area contributed by atoms with Gasteiger partial charge in [-0.3, -0.25) is 4.79 Å². The lowest BCUT2D eigenvalue weighted by Gasteiger charge is -2.41. The summed E-state index contributed by atoms with van der Waals surface area (Å²) in [6.45, 7) is 0. The highest BCUT2D eigenvalue weighted by Crippen LogP contribution is 2.47. The van der Waals surface area contributed by atoms with Gasteiger partial charge in [0.25, 0.3) is 0 Å². The first kappa shape index (κ1) is 14.0. The molecule has 0 aromatic heterocycles. The van der Waals surface area contributed by atoms with Crippen LogP contribution in [0.15, 0.2) is 35.2 Å². The van der Waals surface area contributed by atoms with Crippen LogP contribution in [0, 0.1) is 17.8 Å². The minimum atomic E-state index is 0.00821. The largest absolute Gasteiger partial charge is 0.469 e. The number of fused-ring (bicyclic) bond motifs is 2. The Kier molecular flexibility index (Phi) is 4.35. The number of thioether (sulfide) groups is 1. The fourth-order valence-corrected chi connectivity index (χ4v) is 5.37. The minimum Gasteiger partial charge on any atom is -0.469 e. The Morgan fingerprint density at radius 1 is 1.05 bits per heavy atom. The van der Waals surface area contributed by atoms with E-state index in [1.54, 1.807) is 0 Å². The zero-order valence-electron chi connectivity index (χ0n) is 12.0. The lowest BCUT2D eigenvalue weighted by molar-refractivity contribution is -0.148. The second-order valence-electron chi connectivity index (χ2n) is 6.18. The Labute approximate surface area is 125 Å². The van der Waals surface area contributed by atoms with Crippen molar-refractivity contribution in [1.82, 2.24) is 0 Å². The molecule has 2 nitrogen and oxygen atoms in total. The van der Waals surface area contributed by atoms with Crippen LogP contribution in [-0.2, 0) is 9.53 Å². The van der Waals surface area contributed by atoms with Crippen molar-refractivity contribution >= 4 is 17.7 Å². The first-order valence-corrected chi connectivity index (χ1v) is 8.42. The summed E-state index contributed by atoms with van der Waals surface area (Å²) in [7, 11) is 1.51. The topological polar surface area (TPSA) is 26.3 Å². The van der Waals surface area contributed by atoms with E-state index >= 15 is 0 Å². The molecule has 3 rings (SSSR count). The second-order valence-corrected chi connectivity index (χ2v) is 7.56. The Bertz CT molecular complexity index is 445. The number of methoxy groups -OCH3 is 1. The quantitative estimate of drug-likeness (QED) is 0.782. The predicted octanol–water partition coefficient (Wildman–Crippen LogP) is 4.15. The van der Waals surface area contributed by atoms with E-state index in [1.165, 1.54) is 31.3 Å². The molecule has 1 aromatic rings. The third kappa shape index (κ3) is 3.20. The highest BCUT2D eigenvalue weighted by Gasteiger charge is 2.39. The molecule has 0 radical (unpaired) electrons. The summed E-state index contributed by atoms with van der Waals surface area (Å²) < 4.78 is 4.93. The number of hydrogen-bond donors (Lipinski definition) is 0. The van der Waals surface area contributed by atoms with Crippen LogP contribution >= 0.6 is 11.8 Å². The van der Waals surface area contributed by atoms with Crippen LogP contribution in [0.3, 0.4) is 0 Å². The first-order valence-electron chi connectivity index (χ1n) is 7.54. The molecule has 0 amide bonds. The van der Waals surface area contributed by atoms with Crippen molar-refractivity contribution in [3.05, 3.63) is 30.3 Å². The number of ether oxygens (including phenoxy) is 1. The second kappa shape index (κ2) is 6.21. The zero-order valence-corrected chi connectivity index (χ0v) is 12.8. The fourth-order valence-electron chi connectivity index (χ4n) is 3.94. The van der Waals surface area contributed by atoms with E-state index in [-0.39, 0.29) is 11.9 Å². The number of esters is 1. The highest BCUT2D eigenvalue weighted by molar-refractivity contribution is 8.00. The molecule has 0 spiro atoms. The lowest BCUT2D eigenvalue weighted by atomic mass is 9.68. The van der Waals surface area contributed by atoms with E-state index in [2.05, 4.69) is 30.3 Å². The zero-order chi connectivity index (χ0) is 13.9. The molecule has 2 aliphatic carbocycles. The van der Waals surface area contributed by atoms with Gasteiger partial charge in [0.05, 0.1) is 13.0 Å². The van der Waals surface area contributed by atoms with Gasteiger partial charge in [0, 0.05) is 10.1 Å². The van der Waals surface area contributed by atoms with Gasteiger partial charge >= 0.3 is 5.97 Å². The summed E-state index contributed by atoms with van der Waals surface area (Å²) in [5, 5.41) is 0.722. The van der Waals surface area contributed by atoms with Crippen molar-refractivity contribution in [1.29, 1.82) is 0 Å². The molecule has 0 saturated heterocycles. The molecule has 2 saturated carbocycles. The molecule has 2 bridgehead atoms. The van der Waals surface area contributed by atoms with Crippen molar-refractivity contribution < 1.29 is 9.53 Å². The molecule has 2 atom stereocenters. The van der Waals surface area contributed by atoms with Gasteiger partial charge in [0.2, 0.25) is 0 Å². The molecule has 108 valence electrons. The van der Waals surface area contributed by atoms with Crippen molar-refractivity contribution in [2.45, 2.75) is 42.2 Å². The summed E-state index contributed by atoms with van der Waals surface area (Å²) in [5.41, 5.74) is 0. The number of hydrogen-bond acceptors (Lipinski definition) is 3. The van der Waals surface area contributed by atoms with Crippen molar-refractivity contribution in [2.24, 2.45) is 17.8 Å². The molecule has 20 heavy (non-hydrogen) atoms. The third-order valence-corrected chi connectivity index (χ3v) is 5.94. The van der Waals surface area contributed by atoms with Crippen LogP contribution in [0.5, 0.6) is 0 Å². The normalized spacial score (nSPS) is 32.6. The Hall–Kier alpha value is -0.960. The van der Waals surface area contributed by atoms with Crippen LogP contribution in [0.1, 0.15) is 32.1 Å². The van der Waals surface area contributed by atoms with Gasteiger partial charge < -0.3 is 4.74 Å². The molecule has 3 heteroatoms. The number of carbonyl (C=O) groups excluding carboxylic acids is 1. The summed E-state index contributed by atoms with van der Waals surface area (Å²) in [5.74, 6) is 1.60. The van der Waals surface area contributed by atoms with Gasteiger partial charge in [-0.05, 0) is 56.1 Å². The molecule has 2 fully saturated rings. The van der Waals surface area contributed by atoms with Gasteiger partial charge in [0.1, 0.15) is 0 Å². The summed E-state index contributed by atoms with van der Waals surface area (Å²) in [6, 6.07) is 10.7. The predicted molar refractivity (Wildman–Crippen MR) is 81.7 cm³/mol. The molecular formula is C17H22O2S. The standard InChI is InChI=1S/C17H22O2S/c1-19-17(18)14-8-12-7-13(9-14)11-16(10-12)20-15-5-3-2-4-6-15/h2-6,12-14,16H,7-11H2,1H3/t12-,13-,14?,16?/m1/s1. The maximum atomic E-state index is 11.7. The Morgan fingerprint density at radius 2 is 1.70 bits per heavy atom. The molecule has 2 aliphatic rings. The van der Waals surface area contributed by atoms with Crippen molar-refractivity contribution in [3.8, 4) is 0 Å². The summed E-state index contributed by atoms with van der Waals surface area (Å²) >= 11 is 2.02. The van der Waals surface area contributed by atoms with Gasteiger partial charge in [0.15, 0.2) is 0 Å².